The van der Waals surface area contributed by atoms with Crippen molar-refractivity contribution < 1.29 is 0 Å². The van der Waals surface area contributed by atoms with E-state index in [9.17, 15) is 0 Å². The Morgan fingerprint density at radius 2 is 2.16 bits per heavy atom. The van der Waals surface area contributed by atoms with E-state index in [-0.39, 0.29) is 0 Å². The second-order valence-corrected chi connectivity index (χ2v) is 7.05. The van der Waals surface area contributed by atoms with Crippen LogP contribution in [0.2, 0.25) is 0 Å². The highest BCUT2D eigenvalue weighted by Crippen LogP contribution is 2.42. The molecule has 3 heterocycles. The molecule has 4 heteroatoms. The molecule has 2 aromatic rings. The predicted molar refractivity (Wildman–Crippen MR) is 85.8 cm³/mol. The summed E-state index contributed by atoms with van der Waals surface area (Å²) in [5.74, 6) is 0. The van der Waals surface area contributed by atoms with E-state index in [1.807, 2.05) is 23.1 Å². The summed E-state index contributed by atoms with van der Waals surface area (Å²) in [4.78, 5) is 8.29. The number of fused-ring (bicyclic) bond motifs is 2. The van der Waals surface area contributed by atoms with Crippen molar-refractivity contribution >= 4 is 44.0 Å². The lowest BCUT2D eigenvalue weighted by Gasteiger charge is -2.17. The summed E-state index contributed by atoms with van der Waals surface area (Å²) < 4.78 is 1.38. The average molecular weight is 286 g/mol. The molecule has 1 aromatic carbocycles. The third-order valence-electron chi connectivity index (χ3n) is 3.69. The number of hydrogen-bond acceptors (Lipinski definition) is 4. The van der Waals surface area contributed by atoms with Gasteiger partial charge in [-0.05, 0) is 36.2 Å². The summed E-state index contributed by atoms with van der Waals surface area (Å²) in [5.41, 5.74) is 4.06. The van der Waals surface area contributed by atoms with Crippen LogP contribution in [0.3, 0.4) is 0 Å². The summed E-state index contributed by atoms with van der Waals surface area (Å²) >= 11 is 3.64. The minimum absolute atomic E-state index is 0.930. The lowest BCUT2D eigenvalue weighted by atomic mass is 10.1. The molecule has 0 N–H and O–H groups in total. The number of benzene rings is 1. The van der Waals surface area contributed by atoms with Crippen LogP contribution in [-0.2, 0) is 0 Å². The Bertz CT molecular complexity index is 740. The Labute approximate surface area is 120 Å². The molecular formula is C15H14N2S2. The summed E-state index contributed by atoms with van der Waals surface area (Å²) in [6, 6.07) is 6.84. The highest BCUT2D eigenvalue weighted by molar-refractivity contribution is 8.17. The first-order valence-electron chi connectivity index (χ1n) is 6.43. The third-order valence-corrected chi connectivity index (χ3v) is 5.79. The largest absolute Gasteiger partial charge is 0.318 e. The van der Waals surface area contributed by atoms with E-state index in [0.29, 0.717) is 0 Å². The average Bonchev–Trinajstić information content (AvgIpc) is 3.04. The van der Waals surface area contributed by atoms with Gasteiger partial charge in [-0.3, -0.25) is 4.99 Å². The SMILES string of the molecule is CC1=C(c2ccc3c(C)csc3c2)N2CCN=C2S1. The van der Waals surface area contributed by atoms with Crippen molar-refractivity contribution in [1.29, 1.82) is 0 Å². The standard InChI is InChI=1S/C15H14N2S2/c1-9-8-18-13-7-11(3-4-12(9)13)14-10(2)19-15-16-5-6-17(14)15/h3-4,7-8H,5-6H2,1-2H3. The molecule has 1 aromatic heterocycles. The molecule has 0 amide bonds. The summed E-state index contributed by atoms with van der Waals surface area (Å²) in [7, 11) is 0. The van der Waals surface area contributed by atoms with E-state index in [0.717, 1.165) is 13.1 Å². The maximum atomic E-state index is 4.56. The first-order valence-corrected chi connectivity index (χ1v) is 8.12. The van der Waals surface area contributed by atoms with Crippen LogP contribution >= 0.6 is 23.1 Å². The summed E-state index contributed by atoms with van der Waals surface area (Å²) in [6.45, 7) is 6.33. The summed E-state index contributed by atoms with van der Waals surface area (Å²) in [5, 5.41) is 4.80. The molecule has 96 valence electrons. The molecule has 0 saturated heterocycles. The molecular weight excluding hydrogens is 272 g/mol. The Morgan fingerprint density at radius 1 is 1.26 bits per heavy atom. The van der Waals surface area contributed by atoms with Gasteiger partial charge < -0.3 is 4.90 Å². The van der Waals surface area contributed by atoms with Gasteiger partial charge in [0.1, 0.15) is 0 Å². The van der Waals surface area contributed by atoms with Gasteiger partial charge in [-0.25, -0.2) is 0 Å². The van der Waals surface area contributed by atoms with Crippen LogP contribution in [0.1, 0.15) is 18.1 Å². The van der Waals surface area contributed by atoms with Crippen molar-refractivity contribution in [2.45, 2.75) is 13.8 Å². The van der Waals surface area contributed by atoms with E-state index in [2.05, 4.69) is 47.3 Å². The zero-order valence-corrected chi connectivity index (χ0v) is 12.6. The number of aliphatic imine (C=N–C) groups is 1. The molecule has 0 atom stereocenters. The van der Waals surface area contributed by atoms with E-state index in [1.165, 1.54) is 37.0 Å². The fourth-order valence-corrected chi connectivity index (χ4v) is 4.79. The number of thioether (sulfide) groups is 1. The highest BCUT2D eigenvalue weighted by atomic mass is 32.2. The molecule has 0 unspecified atom stereocenters. The van der Waals surface area contributed by atoms with Gasteiger partial charge in [0.2, 0.25) is 0 Å². The van der Waals surface area contributed by atoms with Crippen molar-refractivity contribution in [2.24, 2.45) is 4.99 Å². The Balaban J connectivity index is 1.86. The van der Waals surface area contributed by atoms with Gasteiger partial charge in [-0.1, -0.05) is 23.9 Å². The van der Waals surface area contributed by atoms with E-state index < -0.39 is 0 Å². The number of thiophene rings is 1. The quantitative estimate of drug-likeness (QED) is 0.776. The second kappa shape index (κ2) is 4.12. The fourth-order valence-electron chi connectivity index (χ4n) is 2.76. The molecule has 2 aliphatic rings. The Morgan fingerprint density at radius 3 is 3.05 bits per heavy atom. The molecule has 0 radical (unpaired) electrons. The van der Waals surface area contributed by atoms with E-state index in [4.69, 9.17) is 0 Å². The first-order chi connectivity index (χ1) is 9.24. The molecule has 0 aliphatic carbocycles. The van der Waals surface area contributed by atoms with Gasteiger partial charge in [0.15, 0.2) is 5.17 Å². The highest BCUT2D eigenvalue weighted by Gasteiger charge is 2.30. The van der Waals surface area contributed by atoms with Crippen molar-refractivity contribution in [3.8, 4) is 0 Å². The van der Waals surface area contributed by atoms with Crippen LogP contribution in [0.15, 0.2) is 33.5 Å². The summed E-state index contributed by atoms with van der Waals surface area (Å²) in [6.07, 6.45) is 0. The molecule has 2 aliphatic heterocycles. The number of allylic oxidation sites excluding steroid dienone is 1. The minimum atomic E-state index is 0.930. The number of nitrogens with zero attached hydrogens (tertiary/aromatic N) is 2. The zero-order chi connectivity index (χ0) is 13.0. The van der Waals surface area contributed by atoms with Gasteiger partial charge in [0.05, 0.1) is 12.2 Å². The van der Waals surface area contributed by atoms with Crippen LogP contribution in [0.5, 0.6) is 0 Å². The predicted octanol–water partition coefficient (Wildman–Crippen LogP) is 4.32. The lowest BCUT2D eigenvalue weighted by molar-refractivity contribution is 0.648. The lowest BCUT2D eigenvalue weighted by Crippen LogP contribution is -2.19. The van der Waals surface area contributed by atoms with Gasteiger partial charge in [0.25, 0.3) is 0 Å². The van der Waals surface area contributed by atoms with Gasteiger partial charge in [-0.2, -0.15) is 0 Å². The fraction of sp³-hybridized carbons (Fsp3) is 0.267. The first kappa shape index (κ1) is 11.6. The van der Waals surface area contributed by atoms with Crippen LogP contribution in [-0.4, -0.2) is 23.2 Å². The number of hydrogen-bond donors (Lipinski definition) is 0. The number of amidine groups is 1. The molecule has 4 rings (SSSR count). The molecule has 0 saturated carbocycles. The monoisotopic (exact) mass is 286 g/mol. The van der Waals surface area contributed by atoms with Crippen LogP contribution in [0.25, 0.3) is 15.8 Å². The second-order valence-electron chi connectivity index (χ2n) is 4.95. The third kappa shape index (κ3) is 1.66. The maximum Gasteiger partial charge on any atom is 0.168 e. The van der Waals surface area contributed by atoms with Crippen molar-refractivity contribution in [3.63, 3.8) is 0 Å². The maximum absolute atomic E-state index is 4.56. The van der Waals surface area contributed by atoms with E-state index in [1.54, 1.807) is 0 Å². The van der Waals surface area contributed by atoms with Crippen LogP contribution in [0.4, 0.5) is 0 Å². The zero-order valence-electron chi connectivity index (χ0n) is 10.9. The smallest absolute Gasteiger partial charge is 0.168 e. The molecule has 0 bridgehead atoms. The molecule has 0 spiro atoms. The van der Waals surface area contributed by atoms with Gasteiger partial charge in [-0.15, -0.1) is 11.3 Å². The number of rotatable bonds is 1. The van der Waals surface area contributed by atoms with Crippen molar-refractivity contribution in [2.75, 3.05) is 13.1 Å². The van der Waals surface area contributed by atoms with Crippen LogP contribution < -0.4 is 0 Å². The van der Waals surface area contributed by atoms with Gasteiger partial charge >= 0.3 is 0 Å². The molecule has 19 heavy (non-hydrogen) atoms. The topological polar surface area (TPSA) is 15.6 Å². The Kier molecular flexibility index (Phi) is 2.50. The molecule has 2 nitrogen and oxygen atoms in total. The van der Waals surface area contributed by atoms with Crippen LogP contribution in [0, 0.1) is 6.92 Å². The minimum Gasteiger partial charge on any atom is -0.318 e. The van der Waals surface area contributed by atoms with E-state index >= 15 is 0 Å². The molecule has 0 fully saturated rings. The Hall–Kier alpha value is -1.26. The van der Waals surface area contributed by atoms with Crippen molar-refractivity contribution in [3.05, 3.63) is 39.6 Å². The normalized spacial score (nSPS) is 18.4. The van der Waals surface area contributed by atoms with Crippen molar-refractivity contribution in [1.82, 2.24) is 4.90 Å². The number of aryl methyl sites for hydroxylation is 1. The van der Waals surface area contributed by atoms with Gasteiger partial charge in [0, 0.05) is 21.7 Å².